The zero-order valence-corrected chi connectivity index (χ0v) is 13.0. The Morgan fingerprint density at radius 2 is 2.23 bits per heavy atom. The second-order valence-corrected chi connectivity index (χ2v) is 6.25. The first-order valence-electron chi connectivity index (χ1n) is 7.00. The fourth-order valence-corrected chi connectivity index (χ4v) is 3.19. The van der Waals surface area contributed by atoms with E-state index in [1.54, 1.807) is 30.9 Å². The molecule has 3 rings (SSSR count). The van der Waals surface area contributed by atoms with Crippen LogP contribution in [0.4, 0.5) is 5.95 Å². The molecule has 0 aliphatic carbocycles. The van der Waals surface area contributed by atoms with Crippen LogP contribution in [0.3, 0.4) is 0 Å². The number of anilines is 1. The molecule has 0 radical (unpaired) electrons. The molecule has 116 valence electrons. The number of hydrogen-bond donors (Lipinski definition) is 2. The summed E-state index contributed by atoms with van der Waals surface area (Å²) >= 11 is 1.30. The van der Waals surface area contributed by atoms with E-state index < -0.39 is 5.60 Å². The van der Waals surface area contributed by atoms with E-state index >= 15 is 0 Å². The standard InChI is InChI=1S/C14H17N5O2S/c1-10-11(22-9-18-10)12(20)17-7-14(21)3-6-19(8-14)13-15-4-2-5-16-13/h2,4-5,9,21H,3,6-8H2,1H3,(H,17,20)/t14-/m1/s1. The Bertz CT molecular complexity index is 662. The van der Waals surface area contributed by atoms with E-state index in [2.05, 4.69) is 20.3 Å². The molecule has 1 fully saturated rings. The van der Waals surface area contributed by atoms with E-state index in [1.807, 2.05) is 4.90 Å². The van der Waals surface area contributed by atoms with Gasteiger partial charge in [0.25, 0.3) is 5.91 Å². The second-order valence-electron chi connectivity index (χ2n) is 5.39. The van der Waals surface area contributed by atoms with E-state index in [0.29, 0.717) is 36.0 Å². The highest BCUT2D eigenvalue weighted by Crippen LogP contribution is 2.24. The lowest BCUT2D eigenvalue weighted by Gasteiger charge is -2.23. The van der Waals surface area contributed by atoms with Gasteiger partial charge in [0, 0.05) is 25.5 Å². The SMILES string of the molecule is Cc1ncsc1C(=O)NC[C@]1(O)CCN(c2ncccn2)C1. The summed E-state index contributed by atoms with van der Waals surface area (Å²) in [5.41, 5.74) is 1.39. The van der Waals surface area contributed by atoms with Crippen molar-refractivity contribution in [1.29, 1.82) is 0 Å². The Kier molecular flexibility index (Phi) is 4.04. The monoisotopic (exact) mass is 319 g/mol. The number of amides is 1. The third-order valence-electron chi connectivity index (χ3n) is 3.70. The van der Waals surface area contributed by atoms with E-state index in [0.717, 1.165) is 0 Å². The van der Waals surface area contributed by atoms with Gasteiger partial charge >= 0.3 is 0 Å². The predicted molar refractivity (Wildman–Crippen MR) is 83.0 cm³/mol. The summed E-state index contributed by atoms with van der Waals surface area (Å²) in [6, 6.07) is 1.75. The van der Waals surface area contributed by atoms with Gasteiger partial charge in [-0.15, -0.1) is 11.3 Å². The molecule has 1 atom stereocenters. The molecule has 7 nitrogen and oxygen atoms in total. The number of aromatic nitrogens is 3. The molecule has 22 heavy (non-hydrogen) atoms. The fourth-order valence-electron chi connectivity index (χ4n) is 2.47. The summed E-state index contributed by atoms with van der Waals surface area (Å²) in [5, 5.41) is 13.4. The third-order valence-corrected chi connectivity index (χ3v) is 4.62. The Labute approximate surface area is 132 Å². The van der Waals surface area contributed by atoms with Gasteiger partial charge in [-0.3, -0.25) is 4.79 Å². The zero-order valence-electron chi connectivity index (χ0n) is 12.2. The van der Waals surface area contributed by atoms with Crippen LogP contribution in [-0.2, 0) is 0 Å². The summed E-state index contributed by atoms with van der Waals surface area (Å²) in [5.74, 6) is 0.408. The minimum atomic E-state index is -0.965. The van der Waals surface area contributed by atoms with Crippen molar-refractivity contribution in [2.24, 2.45) is 0 Å². The van der Waals surface area contributed by atoms with E-state index in [-0.39, 0.29) is 12.5 Å². The smallest absolute Gasteiger partial charge is 0.263 e. The van der Waals surface area contributed by atoms with Crippen LogP contribution < -0.4 is 10.2 Å². The molecule has 1 aliphatic heterocycles. The number of β-amino-alcohol motifs (C(OH)–C–C–N with tert-alkyl or cyclic N) is 1. The highest BCUT2D eigenvalue weighted by molar-refractivity contribution is 7.11. The molecular weight excluding hydrogens is 302 g/mol. The van der Waals surface area contributed by atoms with Gasteiger partial charge in [-0.05, 0) is 19.4 Å². The molecule has 1 aliphatic rings. The highest BCUT2D eigenvalue weighted by atomic mass is 32.1. The van der Waals surface area contributed by atoms with Crippen molar-refractivity contribution in [3.05, 3.63) is 34.5 Å². The van der Waals surface area contributed by atoms with Crippen molar-refractivity contribution in [3.63, 3.8) is 0 Å². The summed E-state index contributed by atoms with van der Waals surface area (Å²) in [4.78, 5) is 27.0. The highest BCUT2D eigenvalue weighted by Gasteiger charge is 2.37. The average molecular weight is 319 g/mol. The van der Waals surface area contributed by atoms with Crippen LogP contribution in [0.15, 0.2) is 24.0 Å². The minimum Gasteiger partial charge on any atom is -0.386 e. The van der Waals surface area contributed by atoms with Crippen LogP contribution in [0.1, 0.15) is 21.8 Å². The van der Waals surface area contributed by atoms with Crippen LogP contribution in [0.25, 0.3) is 0 Å². The van der Waals surface area contributed by atoms with E-state index in [4.69, 9.17) is 0 Å². The molecule has 2 aromatic rings. The van der Waals surface area contributed by atoms with Crippen molar-refractivity contribution in [3.8, 4) is 0 Å². The van der Waals surface area contributed by atoms with Gasteiger partial charge in [0.05, 0.1) is 17.7 Å². The molecule has 0 spiro atoms. The summed E-state index contributed by atoms with van der Waals surface area (Å²) in [6.07, 6.45) is 3.91. The van der Waals surface area contributed by atoms with E-state index in [1.165, 1.54) is 11.3 Å². The molecule has 1 saturated heterocycles. The quantitative estimate of drug-likeness (QED) is 0.858. The van der Waals surface area contributed by atoms with Gasteiger partial charge in [0.15, 0.2) is 0 Å². The Morgan fingerprint density at radius 1 is 1.45 bits per heavy atom. The predicted octanol–water partition coefficient (Wildman–Crippen LogP) is 0.613. The molecule has 0 bridgehead atoms. The molecule has 0 aromatic carbocycles. The number of aliphatic hydroxyl groups is 1. The maximum absolute atomic E-state index is 12.1. The number of carbonyl (C=O) groups excluding carboxylic acids is 1. The van der Waals surface area contributed by atoms with Crippen LogP contribution in [0.5, 0.6) is 0 Å². The Balaban J connectivity index is 1.59. The molecular formula is C14H17N5O2S. The van der Waals surface area contributed by atoms with Crippen LogP contribution in [-0.4, -0.2) is 51.2 Å². The molecule has 0 unspecified atom stereocenters. The zero-order chi connectivity index (χ0) is 15.6. The van der Waals surface area contributed by atoms with Crippen molar-refractivity contribution in [2.45, 2.75) is 18.9 Å². The average Bonchev–Trinajstić information content (AvgIpc) is 3.13. The number of rotatable bonds is 4. The van der Waals surface area contributed by atoms with Crippen molar-refractivity contribution < 1.29 is 9.90 Å². The van der Waals surface area contributed by atoms with Gasteiger partial charge in [-0.25, -0.2) is 15.0 Å². The normalized spacial score (nSPS) is 21.1. The third kappa shape index (κ3) is 3.07. The van der Waals surface area contributed by atoms with Crippen LogP contribution in [0, 0.1) is 6.92 Å². The number of carbonyl (C=O) groups is 1. The molecule has 3 heterocycles. The number of nitrogens with one attached hydrogen (secondary N) is 1. The summed E-state index contributed by atoms with van der Waals surface area (Å²) in [7, 11) is 0. The lowest BCUT2D eigenvalue weighted by Crippen LogP contribution is -2.45. The first kappa shape index (κ1) is 14.9. The van der Waals surface area contributed by atoms with E-state index in [9.17, 15) is 9.90 Å². The van der Waals surface area contributed by atoms with Crippen LogP contribution >= 0.6 is 11.3 Å². The van der Waals surface area contributed by atoms with Crippen molar-refractivity contribution in [1.82, 2.24) is 20.3 Å². The van der Waals surface area contributed by atoms with Gasteiger partial charge in [0.1, 0.15) is 10.5 Å². The lowest BCUT2D eigenvalue weighted by atomic mass is 10.0. The molecule has 1 amide bonds. The largest absolute Gasteiger partial charge is 0.386 e. The lowest BCUT2D eigenvalue weighted by molar-refractivity contribution is 0.0576. The topological polar surface area (TPSA) is 91.2 Å². The second kappa shape index (κ2) is 5.98. The first-order valence-corrected chi connectivity index (χ1v) is 7.88. The summed E-state index contributed by atoms with van der Waals surface area (Å²) < 4.78 is 0. The number of hydrogen-bond acceptors (Lipinski definition) is 7. The molecule has 2 N–H and O–H groups in total. The van der Waals surface area contributed by atoms with Gasteiger partial charge < -0.3 is 15.3 Å². The number of nitrogens with zero attached hydrogens (tertiary/aromatic N) is 4. The number of aryl methyl sites for hydroxylation is 1. The van der Waals surface area contributed by atoms with Crippen molar-refractivity contribution in [2.75, 3.05) is 24.5 Å². The Morgan fingerprint density at radius 3 is 2.91 bits per heavy atom. The van der Waals surface area contributed by atoms with Gasteiger partial charge in [-0.2, -0.15) is 0 Å². The molecule has 8 heteroatoms. The maximum Gasteiger partial charge on any atom is 0.263 e. The van der Waals surface area contributed by atoms with Gasteiger partial charge in [0.2, 0.25) is 5.95 Å². The Hall–Kier alpha value is -2.06. The molecule has 0 saturated carbocycles. The minimum absolute atomic E-state index is 0.192. The fraction of sp³-hybridized carbons (Fsp3) is 0.429. The van der Waals surface area contributed by atoms with Gasteiger partial charge in [-0.1, -0.05) is 0 Å². The van der Waals surface area contributed by atoms with Crippen LogP contribution in [0.2, 0.25) is 0 Å². The molecule has 2 aromatic heterocycles. The van der Waals surface area contributed by atoms with Crippen molar-refractivity contribution >= 4 is 23.2 Å². The summed E-state index contributed by atoms with van der Waals surface area (Å²) in [6.45, 7) is 3.06. The maximum atomic E-state index is 12.1. The number of thiazole rings is 1. The first-order chi connectivity index (χ1) is 10.6.